The summed E-state index contributed by atoms with van der Waals surface area (Å²) in [6, 6.07) is 0. The fourth-order valence-electron chi connectivity index (χ4n) is 1.87. The lowest BCUT2D eigenvalue weighted by Crippen LogP contribution is -2.52. The zero-order chi connectivity index (χ0) is 15.1. The summed E-state index contributed by atoms with van der Waals surface area (Å²) in [5, 5.41) is 0. The van der Waals surface area contributed by atoms with E-state index in [1.807, 2.05) is 0 Å². The molecule has 3 nitrogen and oxygen atoms in total. The number of amides is 1. The summed E-state index contributed by atoms with van der Waals surface area (Å²) < 4.78 is 80.9. The molecule has 1 rings (SSSR count). The van der Waals surface area contributed by atoms with E-state index in [-0.39, 0.29) is 0 Å². The maximum absolute atomic E-state index is 12.7. The van der Waals surface area contributed by atoms with Crippen molar-refractivity contribution >= 4 is 6.09 Å². The predicted molar refractivity (Wildman–Crippen MR) is 52.4 cm³/mol. The molecular formula is C10H13F6NO2. The number of ether oxygens (including phenoxy) is 1. The first-order valence-electron chi connectivity index (χ1n) is 5.50. The van der Waals surface area contributed by atoms with E-state index in [2.05, 4.69) is 4.74 Å². The van der Waals surface area contributed by atoms with E-state index in [1.165, 1.54) is 13.8 Å². The highest BCUT2D eigenvalue weighted by molar-refractivity contribution is 5.68. The predicted octanol–water partition coefficient (Wildman–Crippen LogP) is 3.35. The molecule has 0 radical (unpaired) electrons. The molecule has 1 amide bonds. The molecule has 0 atom stereocenters. The third kappa shape index (κ3) is 2.89. The second-order valence-corrected chi connectivity index (χ2v) is 4.68. The molecule has 0 saturated carbocycles. The highest BCUT2D eigenvalue weighted by Crippen LogP contribution is 2.55. The lowest BCUT2D eigenvalue weighted by molar-refractivity contribution is -0.334. The van der Waals surface area contributed by atoms with Crippen LogP contribution >= 0.6 is 0 Å². The van der Waals surface area contributed by atoms with Crippen LogP contribution in [0.1, 0.15) is 20.3 Å². The standard InChI is InChI=1S/C10H13F6NO2/c1-6(2)19-7(18)17-4-3-8(5-17,9(11,12)13)10(14,15)16/h6H,3-5H2,1-2H3. The minimum atomic E-state index is -5.46. The average Bonchev–Trinajstić information content (AvgIpc) is 2.59. The van der Waals surface area contributed by atoms with Crippen molar-refractivity contribution in [3.63, 3.8) is 0 Å². The summed E-state index contributed by atoms with van der Waals surface area (Å²) in [4.78, 5) is 11.8. The molecule has 0 aromatic heterocycles. The van der Waals surface area contributed by atoms with Gasteiger partial charge in [-0.3, -0.25) is 0 Å². The molecule has 19 heavy (non-hydrogen) atoms. The molecule has 0 unspecified atom stereocenters. The van der Waals surface area contributed by atoms with E-state index in [0.717, 1.165) is 0 Å². The van der Waals surface area contributed by atoms with Gasteiger partial charge in [-0.2, -0.15) is 26.3 Å². The third-order valence-electron chi connectivity index (χ3n) is 2.95. The molecule has 1 aliphatic rings. The van der Waals surface area contributed by atoms with Crippen molar-refractivity contribution in [2.75, 3.05) is 13.1 Å². The van der Waals surface area contributed by atoms with Crippen LogP contribution in [0.3, 0.4) is 0 Å². The van der Waals surface area contributed by atoms with Gasteiger partial charge in [0.2, 0.25) is 0 Å². The minimum absolute atomic E-state index is 0.445. The Bertz CT molecular complexity index is 335. The molecule has 1 heterocycles. The summed E-state index contributed by atoms with van der Waals surface area (Å²) in [5.74, 6) is 0. The van der Waals surface area contributed by atoms with Crippen LogP contribution in [0, 0.1) is 5.41 Å². The first-order valence-corrected chi connectivity index (χ1v) is 5.50. The van der Waals surface area contributed by atoms with Gasteiger partial charge in [0.05, 0.1) is 6.10 Å². The Kier molecular flexibility index (Phi) is 3.98. The van der Waals surface area contributed by atoms with E-state index in [4.69, 9.17) is 0 Å². The number of nitrogens with zero attached hydrogens (tertiary/aromatic N) is 1. The zero-order valence-electron chi connectivity index (χ0n) is 10.2. The Morgan fingerprint density at radius 2 is 1.63 bits per heavy atom. The van der Waals surface area contributed by atoms with Crippen LogP contribution in [0.15, 0.2) is 0 Å². The molecule has 0 aliphatic carbocycles. The summed E-state index contributed by atoms with van der Waals surface area (Å²) in [6.45, 7) is 0.819. The van der Waals surface area contributed by atoms with Crippen LogP contribution in [0.2, 0.25) is 0 Å². The molecule has 0 spiro atoms. The van der Waals surface area contributed by atoms with Gasteiger partial charge in [-0.25, -0.2) is 4.79 Å². The van der Waals surface area contributed by atoms with Gasteiger partial charge in [0.15, 0.2) is 5.41 Å². The van der Waals surface area contributed by atoms with E-state index >= 15 is 0 Å². The average molecular weight is 293 g/mol. The van der Waals surface area contributed by atoms with Gasteiger partial charge in [0.25, 0.3) is 0 Å². The molecule has 112 valence electrons. The van der Waals surface area contributed by atoms with Gasteiger partial charge in [-0.15, -0.1) is 0 Å². The normalized spacial score (nSPS) is 19.9. The number of carbonyl (C=O) groups excluding carboxylic acids is 1. The van der Waals surface area contributed by atoms with Gasteiger partial charge in [-0.05, 0) is 20.3 Å². The Morgan fingerprint density at radius 3 is 1.95 bits per heavy atom. The van der Waals surface area contributed by atoms with Crippen LogP contribution in [-0.2, 0) is 4.74 Å². The quantitative estimate of drug-likeness (QED) is 0.694. The lowest BCUT2D eigenvalue weighted by Gasteiger charge is -2.33. The molecule has 9 heteroatoms. The summed E-state index contributed by atoms with van der Waals surface area (Å²) in [6.07, 6.45) is -13.9. The molecular weight excluding hydrogens is 280 g/mol. The number of hydrogen-bond donors (Lipinski definition) is 0. The van der Waals surface area contributed by atoms with Crippen molar-refractivity contribution in [3.05, 3.63) is 0 Å². The number of rotatable bonds is 1. The van der Waals surface area contributed by atoms with Crippen molar-refractivity contribution in [1.82, 2.24) is 4.90 Å². The van der Waals surface area contributed by atoms with Gasteiger partial charge in [0, 0.05) is 13.1 Å². The van der Waals surface area contributed by atoms with Gasteiger partial charge in [0.1, 0.15) is 0 Å². The third-order valence-corrected chi connectivity index (χ3v) is 2.95. The van der Waals surface area contributed by atoms with E-state index in [1.54, 1.807) is 0 Å². The van der Waals surface area contributed by atoms with Crippen molar-refractivity contribution in [2.24, 2.45) is 5.41 Å². The molecule has 0 N–H and O–H groups in total. The second-order valence-electron chi connectivity index (χ2n) is 4.68. The number of halogens is 6. The fraction of sp³-hybridized carbons (Fsp3) is 0.900. The number of carbonyl (C=O) groups is 1. The maximum atomic E-state index is 12.7. The largest absolute Gasteiger partial charge is 0.447 e. The van der Waals surface area contributed by atoms with Crippen LogP contribution < -0.4 is 0 Å². The fourth-order valence-corrected chi connectivity index (χ4v) is 1.87. The van der Waals surface area contributed by atoms with Crippen molar-refractivity contribution in [3.8, 4) is 0 Å². The molecule has 1 fully saturated rings. The first kappa shape index (κ1) is 15.9. The molecule has 0 aromatic carbocycles. The Labute approximate surface area is 105 Å². The molecule has 1 saturated heterocycles. The van der Waals surface area contributed by atoms with Crippen LogP contribution in [0.4, 0.5) is 31.1 Å². The summed E-state index contributed by atoms with van der Waals surface area (Å²) >= 11 is 0. The van der Waals surface area contributed by atoms with Crippen LogP contribution in [0.25, 0.3) is 0 Å². The van der Waals surface area contributed by atoms with Crippen LogP contribution in [0.5, 0.6) is 0 Å². The van der Waals surface area contributed by atoms with Crippen molar-refractivity contribution < 1.29 is 35.9 Å². The summed E-state index contributed by atoms with van der Waals surface area (Å²) in [7, 11) is 0. The number of alkyl halides is 6. The van der Waals surface area contributed by atoms with E-state index in [9.17, 15) is 31.1 Å². The molecule has 0 aromatic rings. The Balaban J connectivity index is 2.94. The summed E-state index contributed by atoms with van der Waals surface area (Å²) in [5.41, 5.74) is -3.87. The topological polar surface area (TPSA) is 29.5 Å². The minimum Gasteiger partial charge on any atom is -0.447 e. The monoisotopic (exact) mass is 293 g/mol. The highest BCUT2D eigenvalue weighted by Gasteiger charge is 2.73. The van der Waals surface area contributed by atoms with Crippen molar-refractivity contribution in [1.29, 1.82) is 0 Å². The van der Waals surface area contributed by atoms with Crippen molar-refractivity contribution in [2.45, 2.75) is 38.7 Å². The maximum Gasteiger partial charge on any atom is 0.410 e. The Morgan fingerprint density at radius 1 is 1.16 bits per heavy atom. The van der Waals surface area contributed by atoms with E-state index in [0.29, 0.717) is 4.90 Å². The molecule has 0 bridgehead atoms. The first-order chi connectivity index (χ1) is 8.41. The van der Waals surface area contributed by atoms with Gasteiger partial charge >= 0.3 is 18.4 Å². The number of likely N-dealkylation sites (tertiary alicyclic amines) is 1. The van der Waals surface area contributed by atoms with Gasteiger partial charge < -0.3 is 9.64 Å². The Hall–Kier alpha value is -1.15. The van der Waals surface area contributed by atoms with Crippen LogP contribution in [-0.4, -0.2) is 42.5 Å². The zero-order valence-corrected chi connectivity index (χ0v) is 10.2. The molecule has 1 aliphatic heterocycles. The number of hydrogen-bond acceptors (Lipinski definition) is 2. The highest BCUT2D eigenvalue weighted by atomic mass is 19.4. The second kappa shape index (κ2) is 4.75. The lowest BCUT2D eigenvalue weighted by atomic mass is 9.85. The smallest absolute Gasteiger partial charge is 0.410 e. The van der Waals surface area contributed by atoms with Gasteiger partial charge in [-0.1, -0.05) is 0 Å². The van der Waals surface area contributed by atoms with E-state index < -0.39 is 49.5 Å². The SMILES string of the molecule is CC(C)OC(=O)N1CCC(C(F)(F)F)(C(F)(F)F)C1.